The second-order valence-corrected chi connectivity index (χ2v) is 9.84. The van der Waals surface area contributed by atoms with Crippen LogP contribution in [-0.4, -0.2) is 42.8 Å². The zero-order chi connectivity index (χ0) is 22.6. The van der Waals surface area contributed by atoms with Gasteiger partial charge in [-0.15, -0.1) is 11.3 Å². The van der Waals surface area contributed by atoms with E-state index in [1.54, 1.807) is 18.4 Å². The molecule has 1 fully saturated rings. The Labute approximate surface area is 198 Å². The summed E-state index contributed by atoms with van der Waals surface area (Å²) in [6, 6.07) is 10.2. The third-order valence-electron chi connectivity index (χ3n) is 6.57. The van der Waals surface area contributed by atoms with Gasteiger partial charge in [-0.3, -0.25) is 4.79 Å². The van der Waals surface area contributed by atoms with Crippen LogP contribution in [0.5, 0.6) is 11.5 Å². The van der Waals surface area contributed by atoms with E-state index in [-0.39, 0.29) is 12.7 Å². The molecule has 0 bridgehead atoms. The molecule has 174 valence electrons. The van der Waals surface area contributed by atoms with Crippen molar-refractivity contribution in [3.05, 3.63) is 41.3 Å². The first-order chi connectivity index (χ1) is 16.2. The summed E-state index contributed by atoms with van der Waals surface area (Å²) in [5.41, 5.74) is 2.86. The summed E-state index contributed by atoms with van der Waals surface area (Å²) in [6.07, 6.45) is 6.29. The van der Waals surface area contributed by atoms with Gasteiger partial charge in [-0.2, -0.15) is 0 Å². The molecule has 3 heterocycles. The molecule has 3 aromatic rings. The van der Waals surface area contributed by atoms with Crippen molar-refractivity contribution in [2.75, 3.05) is 27.1 Å². The predicted octanol–water partition coefficient (Wildman–Crippen LogP) is 5.64. The highest BCUT2D eigenvalue weighted by Crippen LogP contribution is 2.38. The number of methoxy groups -OCH3 is 1. The lowest BCUT2D eigenvalue weighted by Gasteiger charge is -2.25. The Morgan fingerprint density at radius 3 is 2.79 bits per heavy atom. The molecule has 6 nitrogen and oxygen atoms in total. The number of benzene rings is 1. The Morgan fingerprint density at radius 1 is 1.21 bits per heavy atom. The van der Waals surface area contributed by atoms with Crippen LogP contribution in [0.4, 0.5) is 0 Å². The van der Waals surface area contributed by atoms with E-state index < -0.39 is 0 Å². The molecule has 0 atom stereocenters. The molecule has 1 aliphatic heterocycles. The molecule has 1 aromatic carbocycles. The summed E-state index contributed by atoms with van der Waals surface area (Å²) in [5.74, 6) is 2.23. The lowest BCUT2D eigenvalue weighted by molar-refractivity contribution is -0.133. The molecular formula is C26H30N2O4S. The number of aromatic nitrogens is 1. The van der Waals surface area contributed by atoms with Gasteiger partial charge in [0, 0.05) is 44.7 Å². The minimum Gasteiger partial charge on any atom is -0.454 e. The van der Waals surface area contributed by atoms with E-state index in [1.807, 2.05) is 23.1 Å². The number of hydrogen-bond acceptors (Lipinski definition) is 6. The van der Waals surface area contributed by atoms with Gasteiger partial charge in [-0.1, -0.05) is 18.9 Å². The standard InChI is InChI=1S/C26H30N2O4S/c1-30-10-5-9-28(25(29)12-18-6-2-3-7-18)16-20-13-19-14-22-23(32-17-31-22)15-21(19)27-26(20)24-8-4-11-33-24/h4,8,11,13-15,18H,2-3,5-7,9-10,12,16-17H2,1H3. The van der Waals surface area contributed by atoms with Crippen LogP contribution in [-0.2, 0) is 16.1 Å². The molecule has 2 aromatic heterocycles. The molecule has 0 radical (unpaired) electrons. The topological polar surface area (TPSA) is 60.9 Å². The second-order valence-electron chi connectivity index (χ2n) is 8.89. The highest BCUT2D eigenvalue weighted by Gasteiger charge is 2.24. The van der Waals surface area contributed by atoms with Crippen LogP contribution in [0.2, 0.25) is 0 Å². The van der Waals surface area contributed by atoms with Crippen LogP contribution in [0.25, 0.3) is 21.5 Å². The van der Waals surface area contributed by atoms with Gasteiger partial charge in [0.1, 0.15) is 0 Å². The number of hydrogen-bond donors (Lipinski definition) is 0. The first-order valence-corrected chi connectivity index (χ1v) is 12.6. The minimum atomic E-state index is 0.235. The third kappa shape index (κ3) is 4.99. The van der Waals surface area contributed by atoms with E-state index in [9.17, 15) is 4.79 Å². The number of carbonyl (C=O) groups excluding carboxylic acids is 1. The molecule has 7 heteroatoms. The number of carbonyl (C=O) groups is 1. The Bertz CT molecular complexity index is 1110. The largest absolute Gasteiger partial charge is 0.454 e. The lowest BCUT2D eigenvalue weighted by atomic mass is 10.0. The minimum absolute atomic E-state index is 0.235. The Balaban J connectivity index is 1.48. The summed E-state index contributed by atoms with van der Waals surface area (Å²) >= 11 is 1.67. The summed E-state index contributed by atoms with van der Waals surface area (Å²) in [4.78, 5) is 21.5. The van der Waals surface area contributed by atoms with Crippen molar-refractivity contribution in [2.45, 2.75) is 45.1 Å². The van der Waals surface area contributed by atoms with E-state index in [2.05, 4.69) is 17.5 Å². The summed E-state index contributed by atoms with van der Waals surface area (Å²) in [7, 11) is 1.71. The zero-order valence-corrected chi connectivity index (χ0v) is 19.9. The molecule has 0 N–H and O–H groups in total. The molecule has 1 amide bonds. The molecule has 0 unspecified atom stereocenters. The maximum Gasteiger partial charge on any atom is 0.231 e. The number of fused-ring (bicyclic) bond motifs is 2. The first-order valence-electron chi connectivity index (χ1n) is 11.7. The number of amides is 1. The highest BCUT2D eigenvalue weighted by atomic mass is 32.1. The van der Waals surface area contributed by atoms with Crippen molar-refractivity contribution in [2.24, 2.45) is 5.92 Å². The number of thiophene rings is 1. The van der Waals surface area contributed by atoms with Gasteiger partial charge in [-0.25, -0.2) is 4.98 Å². The van der Waals surface area contributed by atoms with E-state index in [0.717, 1.165) is 45.0 Å². The molecule has 0 saturated heterocycles. The Morgan fingerprint density at radius 2 is 2.03 bits per heavy atom. The van der Waals surface area contributed by atoms with Crippen LogP contribution in [0, 0.1) is 5.92 Å². The fourth-order valence-electron chi connectivity index (χ4n) is 4.84. The van der Waals surface area contributed by atoms with Crippen LogP contribution in [0.3, 0.4) is 0 Å². The Kier molecular flexibility index (Phi) is 6.78. The van der Waals surface area contributed by atoms with Gasteiger partial charge in [-0.05, 0) is 54.3 Å². The maximum absolute atomic E-state index is 13.3. The molecule has 1 saturated carbocycles. The molecule has 1 aliphatic carbocycles. The van der Waals surface area contributed by atoms with Gasteiger partial charge in [0.25, 0.3) is 0 Å². The van der Waals surface area contributed by atoms with Crippen molar-refractivity contribution in [3.8, 4) is 22.1 Å². The molecule has 0 spiro atoms. The number of ether oxygens (including phenoxy) is 3. The van der Waals surface area contributed by atoms with Crippen LogP contribution in [0.15, 0.2) is 35.7 Å². The zero-order valence-electron chi connectivity index (χ0n) is 19.0. The van der Waals surface area contributed by atoms with E-state index in [4.69, 9.17) is 19.2 Å². The number of nitrogens with zero attached hydrogens (tertiary/aromatic N) is 2. The van der Waals surface area contributed by atoms with Gasteiger partial charge >= 0.3 is 0 Å². The van der Waals surface area contributed by atoms with Crippen molar-refractivity contribution < 1.29 is 19.0 Å². The monoisotopic (exact) mass is 466 g/mol. The predicted molar refractivity (Wildman–Crippen MR) is 130 cm³/mol. The second kappa shape index (κ2) is 10.1. The normalized spacial score (nSPS) is 15.4. The fraction of sp³-hybridized carbons (Fsp3) is 0.462. The van der Waals surface area contributed by atoms with Crippen molar-refractivity contribution in [1.82, 2.24) is 9.88 Å². The SMILES string of the molecule is COCCCN(Cc1cc2cc3c(cc2nc1-c1cccs1)OCO3)C(=O)CC1CCCC1. The summed E-state index contributed by atoms with van der Waals surface area (Å²) < 4.78 is 16.4. The lowest BCUT2D eigenvalue weighted by Crippen LogP contribution is -2.33. The molecule has 5 rings (SSSR count). The fourth-order valence-corrected chi connectivity index (χ4v) is 5.59. The Hall–Kier alpha value is -2.64. The number of pyridine rings is 1. The quantitative estimate of drug-likeness (QED) is 0.382. The van der Waals surface area contributed by atoms with Gasteiger partial charge in [0.15, 0.2) is 11.5 Å². The summed E-state index contributed by atoms with van der Waals surface area (Å²) in [6.45, 7) is 2.10. The average molecular weight is 467 g/mol. The van der Waals surface area contributed by atoms with E-state index in [1.165, 1.54) is 25.7 Å². The van der Waals surface area contributed by atoms with Gasteiger partial charge in [0.05, 0.1) is 16.1 Å². The van der Waals surface area contributed by atoms with Gasteiger partial charge in [0.2, 0.25) is 12.7 Å². The first kappa shape index (κ1) is 22.2. The molecule has 33 heavy (non-hydrogen) atoms. The summed E-state index contributed by atoms with van der Waals surface area (Å²) in [5, 5.41) is 3.06. The van der Waals surface area contributed by atoms with Crippen molar-refractivity contribution in [1.29, 1.82) is 0 Å². The van der Waals surface area contributed by atoms with Crippen molar-refractivity contribution >= 4 is 28.1 Å². The molecule has 2 aliphatic rings. The van der Waals surface area contributed by atoms with Gasteiger partial charge < -0.3 is 19.1 Å². The van der Waals surface area contributed by atoms with Crippen LogP contribution < -0.4 is 9.47 Å². The third-order valence-corrected chi connectivity index (χ3v) is 7.45. The van der Waals surface area contributed by atoms with Crippen LogP contribution in [0.1, 0.15) is 44.1 Å². The van der Waals surface area contributed by atoms with Crippen LogP contribution >= 0.6 is 11.3 Å². The van der Waals surface area contributed by atoms with Crippen molar-refractivity contribution in [3.63, 3.8) is 0 Å². The van der Waals surface area contributed by atoms with E-state index >= 15 is 0 Å². The molecular weight excluding hydrogens is 436 g/mol. The smallest absolute Gasteiger partial charge is 0.231 e. The highest BCUT2D eigenvalue weighted by molar-refractivity contribution is 7.13. The number of rotatable bonds is 9. The average Bonchev–Trinajstić information content (AvgIpc) is 3.59. The van der Waals surface area contributed by atoms with E-state index in [0.29, 0.717) is 32.0 Å². The maximum atomic E-state index is 13.3.